The van der Waals surface area contributed by atoms with Gasteiger partial charge >= 0.3 is 0 Å². The van der Waals surface area contributed by atoms with E-state index in [9.17, 15) is 8.42 Å². The lowest BCUT2D eigenvalue weighted by molar-refractivity contribution is 0.168. The van der Waals surface area contributed by atoms with Crippen molar-refractivity contribution >= 4 is 21.6 Å². The second-order valence-corrected chi connectivity index (χ2v) is 6.58. The van der Waals surface area contributed by atoms with Crippen LogP contribution in [0.5, 0.6) is 0 Å². The maximum Gasteiger partial charge on any atom is 0.225 e. The van der Waals surface area contributed by atoms with Gasteiger partial charge in [-0.3, -0.25) is 0 Å². The smallest absolute Gasteiger partial charge is 0.225 e. The maximum atomic E-state index is 11.2. The molecule has 0 aromatic rings. The molecule has 0 radical (unpaired) electrons. The van der Waals surface area contributed by atoms with Gasteiger partial charge in [0.05, 0.1) is 0 Å². The van der Waals surface area contributed by atoms with Gasteiger partial charge < -0.3 is 4.90 Å². The lowest BCUT2D eigenvalue weighted by Crippen LogP contribution is -2.46. The van der Waals surface area contributed by atoms with Gasteiger partial charge in [-0.1, -0.05) is 0 Å². The van der Waals surface area contributed by atoms with E-state index in [1.165, 1.54) is 0 Å². The molecule has 1 rings (SSSR count). The van der Waals surface area contributed by atoms with Gasteiger partial charge in [-0.15, -0.1) is 11.6 Å². The third-order valence-corrected chi connectivity index (χ3v) is 4.59. The lowest BCUT2D eigenvalue weighted by atomic mass is 10.1. The van der Waals surface area contributed by atoms with Gasteiger partial charge in [0, 0.05) is 12.1 Å². The molecule has 1 saturated heterocycles. The topological polar surface area (TPSA) is 49.4 Å². The number of alkyl halides is 1. The van der Waals surface area contributed by atoms with Crippen LogP contribution >= 0.6 is 11.6 Å². The number of nitrogens with zero attached hydrogens (tertiary/aromatic N) is 1. The first-order valence-electron chi connectivity index (χ1n) is 5.24. The molecule has 6 heteroatoms. The quantitative estimate of drug-likeness (QED) is 0.761. The Balaban J connectivity index is 2.38. The zero-order valence-corrected chi connectivity index (χ0v) is 10.8. The average molecular weight is 255 g/mol. The van der Waals surface area contributed by atoms with Gasteiger partial charge in [-0.05, 0) is 39.8 Å². The average Bonchev–Trinajstić information content (AvgIpc) is 2.18. The summed E-state index contributed by atoms with van der Waals surface area (Å²) in [4.78, 5) is 2.35. The molecule has 0 atom stereocenters. The lowest BCUT2D eigenvalue weighted by Gasteiger charge is -2.34. The highest BCUT2D eigenvalue weighted by Crippen LogP contribution is 2.13. The monoisotopic (exact) mass is 254 g/mol. The highest BCUT2D eigenvalue weighted by Gasteiger charge is 2.23. The minimum Gasteiger partial charge on any atom is -0.301 e. The molecule has 1 fully saturated rings. The normalized spacial score (nSPS) is 21.1. The molecule has 1 heterocycles. The second kappa shape index (κ2) is 5.48. The molecule has 0 unspecified atom stereocenters. The molecule has 1 aliphatic rings. The van der Waals surface area contributed by atoms with Crippen LogP contribution in [0.1, 0.15) is 26.7 Å². The summed E-state index contributed by atoms with van der Waals surface area (Å²) in [7, 11) is -3.26. The molecule has 0 spiro atoms. The van der Waals surface area contributed by atoms with Crippen molar-refractivity contribution < 1.29 is 8.42 Å². The predicted octanol–water partition coefficient (Wildman–Crippen LogP) is 0.975. The number of hydrogen-bond acceptors (Lipinski definition) is 3. The third kappa shape index (κ3) is 4.26. The summed E-state index contributed by atoms with van der Waals surface area (Å²) in [6, 6.07) is 0.597. The number of likely N-dealkylation sites (tertiary alicyclic amines) is 1. The van der Waals surface area contributed by atoms with Crippen LogP contribution in [-0.4, -0.2) is 43.7 Å². The molecule has 4 nitrogen and oxygen atoms in total. The van der Waals surface area contributed by atoms with Crippen LogP contribution in [-0.2, 0) is 10.0 Å². The van der Waals surface area contributed by atoms with Gasteiger partial charge in [0.2, 0.25) is 10.0 Å². The Morgan fingerprint density at radius 3 is 2.33 bits per heavy atom. The zero-order chi connectivity index (χ0) is 11.5. The first-order chi connectivity index (χ1) is 6.94. The minimum atomic E-state index is -3.26. The van der Waals surface area contributed by atoms with Crippen LogP contribution < -0.4 is 4.72 Å². The Kier molecular flexibility index (Phi) is 4.83. The fraction of sp³-hybridized carbons (Fsp3) is 1.00. The molecule has 1 N–H and O–H groups in total. The summed E-state index contributed by atoms with van der Waals surface area (Å²) in [5, 5.41) is -0.350. The largest absolute Gasteiger partial charge is 0.301 e. The highest BCUT2D eigenvalue weighted by atomic mass is 35.5. The molecule has 90 valence electrons. The number of sulfonamides is 1. The number of nitrogens with one attached hydrogen (secondary N) is 1. The fourth-order valence-corrected chi connectivity index (χ4v) is 2.81. The van der Waals surface area contributed by atoms with E-state index >= 15 is 0 Å². The van der Waals surface area contributed by atoms with Crippen molar-refractivity contribution in [2.45, 2.75) is 38.8 Å². The van der Waals surface area contributed by atoms with Crippen molar-refractivity contribution in [2.24, 2.45) is 0 Å². The summed E-state index contributed by atoms with van der Waals surface area (Å²) in [5.41, 5.74) is 0. The van der Waals surface area contributed by atoms with E-state index in [0.717, 1.165) is 25.9 Å². The minimum absolute atomic E-state index is 0.0590. The third-order valence-electron chi connectivity index (χ3n) is 2.75. The van der Waals surface area contributed by atoms with Crippen molar-refractivity contribution in [3.63, 3.8) is 0 Å². The number of piperidine rings is 1. The van der Waals surface area contributed by atoms with Crippen LogP contribution in [0.25, 0.3) is 0 Å². The molecular formula is C9H19ClN2O2S. The van der Waals surface area contributed by atoms with Crippen LogP contribution in [0.4, 0.5) is 0 Å². The first kappa shape index (κ1) is 13.2. The highest BCUT2D eigenvalue weighted by molar-refractivity contribution is 7.90. The van der Waals surface area contributed by atoms with Crippen molar-refractivity contribution in [3.8, 4) is 0 Å². The molecule has 0 amide bonds. The SMILES string of the molecule is CC(C)N1CCC(NS(=O)(=O)CCl)CC1. The van der Waals surface area contributed by atoms with Crippen molar-refractivity contribution in [1.29, 1.82) is 0 Å². The van der Waals surface area contributed by atoms with Crippen molar-refractivity contribution in [1.82, 2.24) is 9.62 Å². The summed E-state index contributed by atoms with van der Waals surface area (Å²) in [6.45, 7) is 6.22. The summed E-state index contributed by atoms with van der Waals surface area (Å²) < 4.78 is 25.1. The van der Waals surface area contributed by atoms with Crippen molar-refractivity contribution in [2.75, 3.05) is 18.3 Å². The van der Waals surface area contributed by atoms with E-state index in [1.54, 1.807) is 0 Å². The van der Waals surface area contributed by atoms with E-state index in [1.807, 2.05) is 0 Å². The predicted molar refractivity (Wildman–Crippen MR) is 62.5 cm³/mol. The van der Waals surface area contributed by atoms with Crippen LogP contribution in [0.3, 0.4) is 0 Å². The van der Waals surface area contributed by atoms with E-state index in [2.05, 4.69) is 23.5 Å². The molecular weight excluding hydrogens is 236 g/mol. The van der Waals surface area contributed by atoms with Gasteiger partial charge in [-0.25, -0.2) is 13.1 Å². The standard InChI is InChI=1S/C9H19ClN2O2S/c1-8(2)12-5-3-9(4-6-12)11-15(13,14)7-10/h8-9,11H,3-7H2,1-2H3. The Bertz CT molecular complexity index is 284. The van der Waals surface area contributed by atoms with E-state index in [-0.39, 0.29) is 11.3 Å². The summed E-state index contributed by atoms with van der Waals surface area (Å²) >= 11 is 5.33. The fourth-order valence-electron chi connectivity index (χ4n) is 1.82. The van der Waals surface area contributed by atoms with Crippen LogP contribution in [0.15, 0.2) is 0 Å². The number of rotatable bonds is 4. The Morgan fingerprint density at radius 1 is 1.40 bits per heavy atom. The van der Waals surface area contributed by atoms with Crippen LogP contribution in [0.2, 0.25) is 0 Å². The zero-order valence-electron chi connectivity index (χ0n) is 9.24. The van der Waals surface area contributed by atoms with Gasteiger partial charge in [0.1, 0.15) is 5.21 Å². The molecule has 0 bridgehead atoms. The van der Waals surface area contributed by atoms with E-state index in [4.69, 9.17) is 11.6 Å². The first-order valence-corrected chi connectivity index (χ1v) is 7.43. The molecule has 15 heavy (non-hydrogen) atoms. The summed E-state index contributed by atoms with van der Waals surface area (Å²) in [5.74, 6) is 0. The van der Waals surface area contributed by atoms with E-state index < -0.39 is 10.0 Å². The second-order valence-electron chi connectivity index (χ2n) is 4.25. The van der Waals surface area contributed by atoms with Crippen molar-refractivity contribution in [3.05, 3.63) is 0 Å². The van der Waals surface area contributed by atoms with Gasteiger partial charge in [0.15, 0.2) is 0 Å². The number of hydrogen-bond donors (Lipinski definition) is 1. The van der Waals surface area contributed by atoms with Crippen LogP contribution in [0, 0.1) is 0 Å². The Hall–Kier alpha value is 0.160. The van der Waals surface area contributed by atoms with Gasteiger partial charge in [0.25, 0.3) is 0 Å². The molecule has 0 saturated carbocycles. The molecule has 1 aliphatic heterocycles. The molecule has 0 aliphatic carbocycles. The summed E-state index contributed by atoms with van der Waals surface area (Å²) in [6.07, 6.45) is 1.74. The molecule has 0 aromatic heterocycles. The van der Waals surface area contributed by atoms with Gasteiger partial charge in [-0.2, -0.15) is 0 Å². The molecule has 0 aromatic carbocycles. The Morgan fingerprint density at radius 2 is 1.93 bits per heavy atom. The maximum absolute atomic E-state index is 11.2. The Labute approximate surface area is 97.0 Å². The number of halogens is 1. The van der Waals surface area contributed by atoms with E-state index in [0.29, 0.717) is 6.04 Å².